The molecule has 0 heterocycles. The smallest absolute Gasteiger partial charge is 0.122 e. The van der Waals surface area contributed by atoms with Gasteiger partial charge >= 0.3 is 0 Å². The Morgan fingerprint density at radius 3 is 2.88 bits per heavy atom. The fourth-order valence-electron chi connectivity index (χ4n) is 1.43. The second-order valence-corrected chi connectivity index (χ2v) is 5.29. The number of nitriles is 1. The Morgan fingerprint density at radius 1 is 1.65 bits per heavy atom. The van der Waals surface area contributed by atoms with Crippen LogP contribution in [0.3, 0.4) is 0 Å². The van der Waals surface area contributed by atoms with Gasteiger partial charge in [0, 0.05) is 10.2 Å². The molecule has 17 heavy (non-hydrogen) atoms. The van der Waals surface area contributed by atoms with Crippen molar-refractivity contribution in [3.63, 3.8) is 0 Å². The van der Waals surface area contributed by atoms with Gasteiger partial charge in [0.2, 0.25) is 0 Å². The summed E-state index contributed by atoms with van der Waals surface area (Å²) in [6, 6.07) is 7.80. The summed E-state index contributed by atoms with van der Waals surface area (Å²) in [5.74, 6) is 0. The van der Waals surface area contributed by atoms with Crippen LogP contribution in [0.5, 0.6) is 0 Å². The fourth-order valence-corrected chi connectivity index (χ4v) is 1.93. The van der Waals surface area contributed by atoms with Gasteiger partial charge in [0.25, 0.3) is 0 Å². The maximum Gasteiger partial charge on any atom is 0.122 e. The van der Waals surface area contributed by atoms with Gasteiger partial charge in [-0.25, -0.2) is 0 Å². The zero-order valence-corrected chi connectivity index (χ0v) is 12.0. The van der Waals surface area contributed by atoms with Gasteiger partial charge in [0.1, 0.15) is 5.54 Å². The van der Waals surface area contributed by atoms with E-state index in [0.717, 1.165) is 16.6 Å². The van der Waals surface area contributed by atoms with Crippen molar-refractivity contribution >= 4 is 33.2 Å². The molecule has 0 radical (unpaired) electrons. The van der Waals surface area contributed by atoms with Gasteiger partial charge in [-0.15, -0.1) is 6.58 Å². The Kier molecular flexibility index (Phi) is 5.04. The third-order valence-electron chi connectivity index (χ3n) is 2.44. The van der Waals surface area contributed by atoms with Crippen LogP contribution in [0.4, 0.5) is 5.69 Å². The van der Waals surface area contributed by atoms with Crippen LogP contribution >= 0.6 is 27.5 Å². The molecule has 2 nitrogen and oxygen atoms in total. The molecule has 1 N–H and O–H groups in total. The minimum Gasteiger partial charge on any atom is -0.368 e. The van der Waals surface area contributed by atoms with Crippen LogP contribution in [0.25, 0.3) is 0 Å². The summed E-state index contributed by atoms with van der Waals surface area (Å²) in [5.41, 5.74) is 0.274. The molecule has 1 aromatic rings. The third-order valence-corrected chi connectivity index (χ3v) is 3.65. The minimum atomic E-state index is -0.596. The van der Waals surface area contributed by atoms with E-state index >= 15 is 0 Å². The van der Waals surface area contributed by atoms with Crippen LogP contribution in [-0.4, -0.2) is 5.54 Å². The molecule has 0 aromatic heterocycles. The van der Waals surface area contributed by atoms with Crippen molar-refractivity contribution in [3.05, 3.63) is 40.3 Å². The van der Waals surface area contributed by atoms with E-state index in [0.29, 0.717) is 11.4 Å². The van der Waals surface area contributed by atoms with Crippen LogP contribution < -0.4 is 5.32 Å². The molecule has 0 amide bonds. The first kappa shape index (κ1) is 14.1. The van der Waals surface area contributed by atoms with E-state index in [2.05, 4.69) is 33.9 Å². The van der Waals surface area contributed by atoms with Crippen molar-refractivity contribution in [2.24, 2.45) is 0 Å². The molecule has 0 spiro atoms. The number of halogens is 2. The molecule has 0 fully saturated rings. The summed E-state index contributed by atoms with van der Waals surface area (Å²) in [6.45, 7) is 5.54. The first-order valence-corrected chi connectivity index (χ1v) is 6.43. The monoisotopic (exact) mass is 312 g/mol. The van der Waals surface area contributed by atoms with Crippen molar-refractivity contribution < 1.29 is 0 Å². The molecule has 0 bridgehead atoms. The molecule has 1 unspecified atom stereocenters. The summed E-state index contributed by atoms with van der Waals surface area (Å²) in [7, 11) is 0. The highest BCUT2D eigenvalue weighted by molar-refractivity contribution is 9.10. The summed E-state index contributed by atoms with van der Waals surface area (Å²) >= 11 is 9.27. The predicted molar refractivity (Wildman–Crippen MR) is 76.2 cm³/mol. The van der Waals surface area contributed by atoms with E-state index in [1.54, 1.807) is 6.07 Å². The molecular weight excluding hydrogens is 300 g/mol. The maximum absolute atomic E-state index is 9.21. The highest BCUT2D eigenvalue weighted by Gasteiger charge is 2.22. The van der Waals surface area contributed by atoms with Crippen LogP contribution in [0.1, 0.15) is 19.8 Å². The highest BCUT2D eigenvalue weighted by Crippen LogP contribution is 2.28. The van der Waals surface area contributed by atoms with E-state index in [1.165, 1.54) is 0 Å². The summed E-state index contributed by atoms with van der Waals surface area (Å²) in [5, 5.41) is 13.1. The molecule has 0 saturated carbocycles. The topological polar surface area (TPSA) is 35.8 Å². The molecule has 0 aliphatic carbocycles. The van der Waals surface area contributed by atoms with Crippen LogP contribution in [0, 0.1) is 11.3 Å². The minimum absolute atomic E-state index is 0.596. The lowest BCUT2D eigenvalue weighted by Gasteiger charge is -2.24. The number of nitrogens with one attached hydrogen (secondary N) is 1. The first-order valence-electron chi connectivity index (χ1n) is 5.26. The van der Waals surface area contributed by atoms with Gasteiger partial charge in [0.05, 0.1) is 11.1 Å². The number of rotatable bonds is 5. The van der Waals surface area contributed by atoms with Gasteiger partial charge in [-0.05, 0) is 53.9 Å². The van der Waals surface area contributed by atoms with Gasteiger partial charge in [-0.2, -0.15) is 5.26 Å². The lowest BCUT2D eigenvalue weighted by atomic mass is 9.97. The lowest BCUT2D eigenvalue weighted by Crippen LogP contribution is -2.32. The average Bonchev–Trinajstić information content (AvgIpc) is 2.31. The fraction of sp³-hybridized carbons (Fsp3) is 0.308. The molecule has 1 rings (SSSR count). The number of nitrogens with zero attached hydrogens (tertiary/aromatic N) is 1. The van der Waals surface area contributed by atoms with Crippen LogP contribution in [-0.2, 0) is 0 Å². The Hall–Kier alpha value is -0.980. The quantitative estimate of drug-likeness (QED) is 0.795. The Labute approximate surface area is 115 Å². The Bertz CT molecular complexity index is 453. The number of hydrogen-bond acceptors (Lipinski definition) is 2. The third kappa shape index (κ3) is 4.07. The average molecular weight is 314 g/mol. The zero-order valence-electron chi connectivity index (χ0n) is 9.63. The number of allylic oxidation sites excluding steroid dienone is 1. The summed E-state index contributed by atoms with van der Waals surface area (Å²) < 4.78 is 0.813. The SMILES string of the molecule is C=CCCC(C)(C#N)Nc1ccc(Cl)c(Br)c1. The second-order valence-electron chi connectivity index (χ2n) is 4.03. The van der Waals surface area contributed by atoms with E-state index in [9.17, 15) is 5.26 Å². The van der Waals surface area contributed by atoms with Crippen LogP contribution in [0.15, 0.2) is 35.3 Å². The Morgan fingerprint density at radius 2 is 2.35 bits per heavy atom. The van der Waals surface area contributed by atoms with E-state index in [4.69, 9.17) is 11.6 Å². The number of anilines is 1. The molecule has 90 valence electrons. The largest absolute Gasteiger partial charge is 0.368 e. The molecule has 1 atom stereocenters. The normalized spacial score (nSPS) is 13.5. The summed E-state index contributed by atoms with van der Waals surface area (Å²) in [6.07, 6.45) is 3.33. The predicted octanol–water partition coefficient (Wildman–Crippen LogP) is 4.76. The van der Waals surface area contributed by atoms with Gasteiger partial charge in [-0.3, -0.25) is 0 Å². The number of hydrogen-bond donors (Lipinski definition) is 1. The molecule has 0 saturated heterocycles. The van der Waals surface area contributed by atoms with Crippen molar-refractivity contribution in [1.82, 2.24) is 0 Å². The highest BCUT2D eigenvalue weighted by atomic mass is 79.9. The first-order chi connectivity index (χ1) is 8.00. The molecular formula is C13H14BrClN2. The van der Waals surface area contributed by atoms with Gasteiger partial charge in [-0.1, -0.05) is 17.7 Å². The van der Waals surface area contributed by atoms with Gasteiger partial charge < -0.3 is 5.32 Å². The Balaban J connectivity index is 2.84. The van der Waals surface area contributed by atoms with Crippen molar-refractivity contribution in [2.45, 2.75) is 25.3 Å². The molecule has 1 aromatic carbocycles. The summed E-state index contributed by atoms with van der Waals surface area (Å²) in [4.78, 5) is 0. The van der Waals surface area contributed by atoms with Crippen molar-refractivity contribution in [2.75, 3.05) is 5.32 Å². The molecule has 0 aliphatic rings. The van der Waals surface area contributed by atoms with E-state index in [1.807, 2.05) is 25.1 Å². The van der Waals surface area contributed by atoms with Gasteiger partial charge in [0.15, 0.2) is 0 Å². The van der Waals surface area contributed by atoms with E-state index in [-0.39, 0.29) is 0 Å². The maximum atomic E-state index is 9.21. The van der Waals surface area contributed by atoms with Crippen LogP contribution in [0.2, 0.25) is 5.02 Å². The molecule has 4 heteroatoms. The van der Waals surface area contributed by atoms with E-state index < -0.39 is 5.54 Å². The van der Waals surface area contributed by atoms with Crippen molar-refractivity contribution in [3.8, 4) is 6.07 Å². The number of benzene rings is 1. The second kappa shape index (κ2) is 6.09. The van der Waals surface area contributed by atoms with Crippen molar-refractivity contribution in [1.29, 1.82) is 5.26 Å². The standard InChI is InChI=1S/C13H14BrClN2/c1-3-4-7-13(2,9-16)17-10-5-6-12(15)11(14)8-10/h3,5-6,8,17H,1,4,7H2,2H3. The lowest BCUT2D eigenvalue weighted by molar-refractivity contribution is 0.596. The molecule has 0 aliphatic heterocycles. The zero-order chi connectivity index (χ0) is 12.9.